The number of Topliss-reactive ketones (excluding diaryl/α,β-unsaturated/α-hetero) is 1. The third kappa shape index (κ3) is 3.42. The Kier molecular flexibility index (Phi) is 4.47. The van der Waals surface area contributed by atoms with Gasteiger partial charge < -0.3 is 4.74 Å². The number of ketones is 1. The van der Waals surface area contributed by atoms with Crippen molar-refractivity contribution in [2.24, 2.45) is 5.10 Å². The lowest BCUT2D eigenvalue weighted by Crippen LogP contribution is -1.91. The van der Waals surface area contributed by atoms with Crippen LogP contribution in [0.15, 0.2) is 29.4 Å². The molecule has 0 saturated carbocycles. The first kappa shape index (κ1) is 14.2. The number of ether oxygens (including phenoxy) is 1. The Morgan fingerprint density at radius 2 is 2.30 bits per heavy atom. The second-order valence-corrected chi connectivity index (χ2v) is 5.14. The number of aryl methyl sites for hydroxylation is 1. The fourth-order valence-corrected chi connectivity index (χ4v) is 2.47. The molecule has 0 bridgehead atoms. The second kappa shape index (κ2) is 6.29. The third-order valence-electron chi connectivity index (χ3n) is 2.58. The van der Waals surface area contributed by atoms with E-state index in [1.54, 1.807) is 13.3 Å². The van der Waals surface area contributed by atoms with Crippen LogP contribution in [-0.4, -0.2) is 24.1 Å². The van der Waals surface area contributed by atoms with Crippen molar-refractivity contribution in [1.82, 2.24) is 4.98 Å². The number of hydrogen-bond acceptors (Lipinski definition) is 6. The van der Waals surface area contributed by atoms with Crippen LogP contribution in [-0.2, 0) is 0 Å². The number of nitrogens with one attached hydrogen (secondary N) is 1. The number of hydrazone groups is 1. The summed E-state index contributed by atoms with van der Waals surface area (Å²) in [4.78, 5) is 16.2. The summed E-state index contributed by atoms with van der Waals surface area (Å²) in [5.74, 6) is 0.794. The minimum absolute atomic E-state index is 0.0184. The minimum atomic E-state index is 0.0184. The van der Waals surface area contributed by atoms with Gasteiger partial charge in [-0.2, -0.15) is 5.10 Å². The Labute approximate surface area is 121 Å². The molecule has 5 nitrogen and oxygen atoms in total. The largest absolute Gasteiger partial charge is 0.497 e. The number of methoxy groups -OCH3 is 1. The molecule has 0 atom stereocenters. The van der Waals surface area contributed by atoms with Crippen LogP contribution in [0.3, 0.4) is 0 Å². The van der Waals surface area contributed by atoms with E-state index in [1.807, 2.05) is 31.2 Å². The Balaban J connectivity index is 2.06. The molecule has 0 aliphatic carbocycles. The first-order chi connectivity index (χ1) is 9.60. The van der Waals surface area contributed by atoms with Crippen molar-refractivity contribution in [3.8, 4) is 5.75 Å². The van der Waals surface area contributed by atoms with Crippen molar-refractivity contribution in [2.75, 3.05) is 12.5 Å². The predicted octanol–water partition coefficient (Wildman–Crippen LogP) is 3.11. The number of carbonyl (C=O) groups excluding carboxylic acids is 1. The maximum Gasteiger partial charge on any atom is 0.204 e. The number of anilines is 1. The molecule has 0 saturated heterocycles. The molecule has 0 aliphatic heterocycles. The van der Waals surface area contributed by atoms with Gasteiger partial charge in [-0.1, -0.05) is 23.5 Å². The molecular formula is C14H15N3O2S. The van der Waals surface area contributed by atoms with Gasteiger partial charge >= 0.3 is 0 Å². The van der Waals surface area contributed by atoms with Crippen LogP contribution < -0.4 is 10.2 Å². The summed E-state index contributed by atoms with van der Waals surface area (Å²) in [6, 6.07) is 7.55. The lowest BCUT2D eigenvalue weighted by Gasteiger charge is -1.99. The number of benzene rings is 1. The number of thiazole rings is 1. The molecule has 0 unspecified atom stereocenters. The van der Waals surface area contributed by atoms with Crippen molar-refractivity contribution in [3.05, 3.63) is 40.4 Å². The Bertz CT molecular complexity index is 650. The fraction of sp³-hybridized carbons (Fsp3) is 0.214. The zero-order valence-corrected chi connectivity index (χ0v) is 12.3. The van der Waals surface area contributed by atoms with Crippen LogP contribution in [0.1, 0.15) is 27.9 Å². The van der Waals surface area contributed by atoms with Crippen LogP contribution in [0.4, 0.5) is 5.13 Å². The van der Waals surface area contributed by atoms with Gasteiger partial charge in [0.25, 0.3) is 0 Å². The van der Waals surface area contributed by atoms with E-state index in [9.17, 15) is 4.79 Å². The first-order valence-corrected chi connectivity index (χ1v) is 6.83. The van der Waals surface area contributed by atoms with Crippen LogP contribution in [0.25, 0.3) is 0 Å². The molecule has 0 amide bonds. The van der Waals surface area contributed by atoms with Crippen molar-refractivity contribution in [1.29, 1.82) is 0 Å². The molecule has 2 rings (SSSR count). The zero-order valence-electron chi connectivity index (χ0n) is 11.5. The van der Waals surface area contributed by atoms with Gasteiger partial charge in [0.05, 0.1) is 23.9 Å². The van der Waals surface area contributed by atoms with Gasteiger partial charge in [0, 0.05) is 6.92 Å². The van der Waals surface area contributed by atoms with Crippen LogP contribution in [0.2, 0.25) is 0 Å². The van der Waals surface area contributed by atoms with Gasteiger partial charge in [-0.05, 0) is 24.6 Å². The highest BCUT2D eigenvalue weighted by atomic mass is 32.1. The molecule has 0 aliphatic rings. The van der Waals surface area contributed by atoms with Crippen LogP contribution in [0, 0.1) is 6.92 Å². The topological polar surface area (TPSA) is 63.6 Å². The molecule has 20 heavy (non-hydrogen) atoms. The summed E-state index contributed by atoms with van der Waals surface area (Å²) < 4.78 is 5.14. The number of carbonyl (C=O) groups is 1. The maximum atomic E-state index is 11.3. The van der Waals surface area contributed by atoms with Crippen molar-refractivity contribution < 1.29 is 9.53 Å². The van der Waals surface area contributed by atoms with Crippen LogP contribution >= 0.6 is 11.3 Å². The lowest BCUT2D eigenvalue weighted by atomic mass is 10.2. The molecule has 1 aromatic carbocycles. The summed E-state index contributed by atoms with van der Waals surface area (Å²) in [7, 11) is 1.62. The number of rotatable bonds is 5. The molecule has 0 radical (unpaired) electrons. The van der Waals surface area contributed by atoms with E-state index in [0.717, 1.165) is 17.0 Å². The highest BCUT2D eigenvalue weighted by Gasteiger charge is 2.10. The Morgan fingerprint density at radius 1 is 1.50 bits per heavy atom. The number of hydrogen-bond donors (Lipinski definition) is 1. The van der Waals surface area contributed by atoms with Gasteiger partial charge in [0.2, 0.25) is 5.13 Å². The molecule has 0 spiro atoms. The van der Waals surface area contributed by atoms with Gasteiger partial charge in [-0.15, -0.1) is 0 Å². The smallest absolute Gasteiger partial charge is 0.204 e. The fourth-order valence-electron chi connectivity index (χ4n) is 1.65. The minimum Gasteiger partial charge on any atom is -0.497 e. The maximum absolute atomic E-state index is 11.3. The van der Waals surface area contributed by atoms with Gasteiger partial charge in [-0.3, -0.25) is 10.2 Å². The Morgan fingerprint density at radius 3 is 2.95 bits per heavy atom. The van der Waals surface area contributed by atoms with E-state index < -0.39 is 0 Å². The molecule has 6 heteroatoms. The normalized spacial score (nSPS) is 10.8. The third-order valence-corrected chi connectivity index (χ3v) is 3.75. The second-order valence-electron chi connectivity index (χ2n) is 4.14. The van der Waals surface area contributed by atoms with Crippen molar-refractivity contribution in [3.63, 3.8) is 0 Å². The molecule has 1 heterocycles. The first-order valence-electron chi connectivity index (χ1n) is 6.01. The van der Waals surface area contributed by atoms with E-state index in [2.05, 4.69) is 15.5 Å². The monoisotopic (exact) mass is 289 g/mol. The van der Waals surface area contributed by atoms with Gasteiger partial charge in [0.15, 0.2) is 5.78 Å². The zero-order chi connectivity index (χ0) is 14.5. The standard InChI is InChI=1S/C14H15N3O2S/c1-9-13(10(2)18)20-14(16-9)17-15-8-11-5-4-6-12(7-11)19-3/h4-8H,1-3H3,(H,16,17)/b15-8-. The summed E-state index contributed by atoms with van der Waals surface area (Å²) in [5.41, 5.74) is 4.47. The quantitative estimate of drug-likeness (QED) is 0.522. The number of aromatic nitrogens is 1. The van der Waals surface area contributed by atoms with Crippen molar-refractivity contribution >= 4 is 28.5 Å². The van der Waals surface area contributed by atoms with E-state index in [4.69, 9.17) is 4.74 Å². The highest BCUT2D eigenvalue weighted by molar-refractivity contribution is 7.17. The average molecular weight is 289 g/mol. The highest BCUT2D eigenvalue weighted by Crippen LogP contribution is 2.22. The molecule has 1 aromatic heterocycles. The van der Waals surface area contributed by atoms with E-state index in [-0.39, 0.29) is 5.78 Å². The molecule has 1 N–H and O–H groups in total. The Hall–Kier alpha value is -2.21. The van der Waals surface area contributed by atoms with Crippen LogP contribution in [0.5, 0.6) is 5.75 Å². The summed E-state index contributed by atoms with van der Waals surface area (Å²) >= 11 is 1.30. The lowest BCUT2D eigenvalue weighted by molar-refractivity contribution is 0.102. The average Bonchev–Trinajstić information content (AvgIpc) is 2.80. The van der Waals surface area contributed by atoms with E-state index >= 15 is 0 Å². The van der Waals surface area contributed by atoms with Gasteiger partial charge in [0.1, 0.15) is 5.75 Å². The van der Waals surface area contributed by atoms with E-state index in [1.165, 1.54) is 18.3 Å². The molecule has 104 valence electrons. The summed E-state index contributed by atoms with van der Waals surface area (Å²) in [6.45, 7) is 3.34. The predicted molar refractivity (Wildman–Crippen MR) is 81.1 cm³/mol. The van der Waals surface area contributed by atoms with Gasteiger partial charge in [-0.25, -0.2) is 4.98 Å². The number of nitrogens with zero attached hydrogens (tertiary/aromatic N) is 2. The van der Waals surface area contributed by atoms with Crippen molar-refractivity contribution in [2.45, 2.75) is 13.8 Å². The van der Waals surface area contributed by atoms with E-state index in [0.29, 0.717) is 10.0 Å². The summed E-state index contributed by atoms with van der Waals surface area (Å²) in [5, 5.41) is 4.71. The molecular weight excluding hydrogens is 274 g/mol. The molecule has 2 aromatic rings. The molecule has 0 fully saturated rings. The summed E-state index contributed by atoms with van der Waals surface area (Å²) in [6.07, 6.45) is 1.67. The SMILES string of the molecule is COc1cccc(/C=N\Nc2nc(C)c(C(C)=O)s2)c1.